The summed E-state index contributed by atoms with van der Waals surface area (Å²) < 4.78 is 7.27. The highest BCUT2D eigenvalue weighted by atomic mass is 16.5. The van der Waals surface area contributed by atoms with Gasteiger partial charge in [0.2, 0.25) is 5.89 Å². The van der Waals surface area contributed by atoms with E-state index in [1.54, 1.807) is 6.20 Å². The Bertz CT molecular complexity index is 979. The van der Waals surface area contributed by atoms with Crippen LogP contribution in [-0.2, 0) is 19.5 Å². The normalized spacial score (nSPS) is 11.2. The van der Waals surface area contributed by atoms with Crippen LogP contribution < -0.4 is 0 Å². The van der Waals surface area contributed by atoms with Crippen molar-refractivity contribution in [1.82, 2.24) is 24.8 Å². The van der Waals surface area contributed by atoms with Gasteiger partial charge in [-0.05, 0) is 36.4 Å². The Hall–Kier alpha value is -3.25. The molecule has 2 aromatic heterocycles. The summed E-state index contributed by atoms with van der Waals surface area (Å²) in [7, 11) is 2.04. The largest absolute Gasteiger partial charge is 0.338 e. The van der Waals surface area contributed by atoms with Crippen molar-refractivity contribution in [3.63, 3.8) is 0 Å². The predicted octanol–water partition coefficient (Wildman–Crippen LogP) is 3.48. The van der Waals surface area contributed by atoms with Crippen molar-refractivity contribution in [2.75, 3.05) is 7.05 Å². The Morgan fingerprint density at radius 1 is 0.963 bits per heavy atom. The van der Waals surface area contributed by atoms with Crippen molar-refractivity contribution in [3.8, 4) is 5.69 Å². The molecule has 6 heteroatoms. The van der Waals surface area contributed by atoms with Gasteiger partial charge in [0.05, 0.1) is 12.2 Å². The third-order valence-corrected chi connectivity index (χ3v) is 4.25. The van der Waals surface area contributed by atoms with Gasteiger partial charge in [0.1, 0.15) is 0 Å². The third-order valence-electron chi connectivity index (χ3n) is 4.25. The van der Waals surface area contributed by atoms with Crippen LogP contribution in [0.2, 0.25) is 0 Å². The Balaban J connectivity index is 1.37. The van der Waals surface area contributed by atoms with Gasteiger partial charge in [-0.1, -0.05) is 47.6 Å². The molecule has 0 bridgehead atoms. The Labute approximate surface area is 158 Å². The molecule has 0 unspecified atom stereocenters. The zero-order chi connectivity index (χ0) is 18.5. The molecule has 0 aliphatic carbocycles. The molecule has 6 nitrogen and oxygen atoms in total. The highest BCUT2D eigenvalue weighted by Crippen LogP contribution is 2.13. The highest BCUT2D eigenvalue weighted by molar-refractivity contribution is 5.35. The summed E-state index contributed by atoms with van der Waals surface area (Å²) in [6, 6.07) is 20.4. The van der Waals surface area contributed by atoms with Crippen molar-refractivity contribution in [2.45, 2.75) is 19.5 Å². The minimum absolute atomic E-state index is 0.605. The molecule has 0 atom stereocenters. The minimum atomic E-state index is 0.605. The highest BCUT2D eigenvalue weighted by Gasteiger charge is 2.10. The van der Waals surface area contributed by atoms with E-state index in [-0.39, 0.29) is 0 Å². The fourth-order valence-corrected chi connectivity index (χ4v) is 3.02. The number of nitrogens with zero attached hydrogens (tertiary/aromatic N) is 5. The average molecular weight is 359 g/mol. The molecule has 0 aliphatic rings. The van der Waals surface area contributed by atoms with Crippen molar-refractivity contribution in [3.05, 3.63) is 95.9 Å². The first kappa shape index (κ1) is 17.2. The van der Waals surface area contributed by atoms with Crippen LogP contribution in [0, 0.1) is 0 Å². The maximum Gasteiger partial charge on any atom is 0.240 e. The van der Waals surface area contributed by atoms with Gasteiger partial charge in [0.25, 0.3) is 0 Å². The topological polar surface area (TPSA) is 60.0 Å². The molecule has 2 heterocycles. The predicted molar refractivity (Wildman–Crippen MR) is 102 cm³/mol. The molecule has 0 amide bonds. The second-order valence-corrected chi connectivity index (χ2v) is 6.56. The smallest absolute Gasteiger partial charge is 0.240 e. The lowest BCUT2D eigenvalue weighted by Gasteiger charge is -2.14. The summed E-state index contributed by atoms with van der Waals surface area (Å²) in [5.41, 5.74) is 3.43. The maximum atomic E-state index is 5.41. The molecule has 4 aromatic rings. The number of rotatable bonds is 7. The van der Waals surface area contributed by atoms with Gasteiger partial charge in [-0.15, -0.1) is 0 Å². The van der Waals surface area contributed by atoms with E-state index in [9.17, 15) is 0 Å². The van der Waals surface area contributed by atoms with Crippen LogP contribution in [0.4, 0.5) is 0 Å². The molecule has 0 radical (unpaired) electrons. The van der Waals surface area contributed by atoms with Crippen LogP contribution in [0.5, 0.6) is 0 Å². The monoisotopic (exact) mass is 359 g/mol. The summed E-state index contributed by atoms with van der Waals surface area (Å²) in [6.45, 7) is 1.39. The molecule has 136 valence electrons. The van der Waals surface area contributed by atoms with Crippen molar-refractivity contribution in [1.29, 1.82) is 0 Å². The SMILES string of the molecule is CN(Cc1cccc(-n2cccn2)c1)Cc1nc(Cc2ccccc2)no1. The summed E-state index contributed by atoms with van der Waals surface area (Å²) >= 11 is 0. The Morgan fingerprint density at radius 2 is 1.81 bits per heavy atom. The third kappa shape index (κ3) is 4.48. The molecule has 0 aliphatic heterocycles. The second kappa shape index (κ2) is 7.97. The first-order valence-corrected chi connectivity index (χ1v) is 8.89. The number of benzene rings is 2. The summed E-state index contributed by atoms with van der Waals surface area (Å²) in [5, 5.41) is 8.38. The van der Waals surface area contributed by atoms with E-state index in [0.717, 1.165) is 12.2 Å². The standard InChI is InChI=1S/C21H21N5O/c1-25(15-18-9-5-10-19(13-18)26-12-6-11-22-26)16-21-23-20(24-27-21)14-17-7-3-2-4-8-17/h2-13H,14-16H2,1H3. The molecule has 0 saturated carbocycles. The van der Waals surface area contributed by atoms with Gasteiger partial charge in [0.15, 0.2) is 5.82 Å². The van der Waals surface area contributed by atoms with Crippen LogP contribution in [-0.4, -0.2) is 31.9 Å². The van der Waals surface area contributed by atoms with Gasteiger partial charge in [-0.2, -0.15) is 10.1 Å². The van der Waals surface area contributed by atoms with Gasteiger partial charge in [-0.3, -0.25) is 4.90 Å². The molecular weight excluding hydrogens is 338 g/mol. The molecule has 0 saturated heterocycles. The Kier molecular flexibility index (Phi) is 5.07. The summed E-state index contributed by atoms with van der Waals surface area (Å²) in [5.74, 6) is 1.34. The van der Waals surface area contributed by atoms with Crippen molar-refractivity contribution >= 4 is 0 Å². The fraction of sp³-hybridized carbons (Fsp3) is 0.190. The van der Waals surface area contributed by atoms with Gasteiger partial charge in [0, 0.05) is 25.4 Å². The number of hydrogen-bond acceptors (Lipinski definition) is 5. The number of hydrogen-bond donors (Lipinski definition) is 0. The lowest BCUT2D eigenvalue weighted by Crippen LogP contribution is -2.17. The summed E-state index contributed by atoms with van der Waals surface area (Å²) in [6.07, 6.45) is 4.40. The lowest BCUT2D eigenvalue weighted by molar-refractivity contribution is 0.260. The van der Waals surface area contributed by atoms with Gasteiger partial charge >= 0.3 is 0 Å². The van der Waals surface area contributed by atoms with Crippen LogP contribution in [0.1, 0.15) is 22.8 Å². The van der Waals surface area contributed by atoms with E-state index in [1.807, 2.05) is 54.3 Å². The van der Waals surface area contributed by atoms with Crippen LogP contribution >= 0.6 is 0 Å². The van der Waals surface area contributed by atoms with E-state index in [1.165, 1.54) is 11.1 Å². The van der Waals surface area contributed by atoms with E-state index in [2.05, 4.69) is 44.4 Å². The first-order valence-electron chi connectivity index (χ1n) is 8.89. The zero-order valence-electron chi connectivity index (χ0n) is 15.2. The van der Waals surface area contributed by atoms with Crippen LogP contribution in [0.3, 0.4) is 0 Å². The van der Waals surface area contributed by atoms with Gasteiger partial charge in [-0.25, -0.2) is 4.68 Å². The summed E-state index contributed by atoms with van der Waals surface area (Å²) in [4.78, 5) is 6.67. The first-order chi connectivity index (χ1) is 13.3. The molecule has 0 spiro atoms. The molecule has 0 fully saturated rings. The lowest BCUT2D eigenvalue weighted by atomic mass is 10.1. The maximum absolute atomic E-state index is 5.41. The quantitative estimate of drug-likeness (QED) is 0.506. The second-order valence-electron chi connectivity index (χ2n) is 6.56. The van der Waals surface area contributed by atoms with Crippen molar-refractivity contribution in [2.24, 2.45) is 0 Å². The molecule has 4 rings (SSSR count). The minimum Gasteiger partial charge on any atom is -0.338 e. The van der Waals surface area contributed by atoms with Gasteiger partial charge < -0.3 is 4.52 Å². The molecule has 0 N–H and O–H groups in total. The molecule has 27 heavy (non-hydrogen) atoms. The average Bonchev–Trinajstić information content (AvgIpc) is 3.35. The number of aromatic nitrogens is 4. The van der Waals surface area contributed by atoms with E-state index < -0.39 is 0 Å². The van der Waals surface area contributed by atoms with E-state index >= 15 is 0 Å². The fourth-order valence-electron chi connectivity index (χ4n) is 3.02. The van der Waals surface area contributed by atoms with Crippen molar-refractivity contribution < 1.29 is 4.52 Å². The Morgan fingerprint density at radius 3 is 2.63 bits per heavy atom. The van der Waals surface area contributed by atoms with Crippen LogP contribution in [0.25, 0.3) is 5.69 Å². The van der Waals surface area contributed by atoms with Crippen LogP contribution in [0.15, 0.2) is 77.6 Å². The zero-order valence-corrected chi connectivity index (χ0v) is 15.2. The molecular formula is C21H21N5O. The van der Waals surface area contributed by atoms with E-state index in [4.69, 9.17) is 4.52 Å². The molecule has 2 aromatic carbocycles. The van der Waals surface area contributed by atoms with E-state index in [0.29, 0.717) is 24.7 Å².